The van der Waals surface area contributed by atoms with E-state index in [-0.39, 0.29) is 0 Å². The Morgan fingerprint density at radius 1 is 1.35 bits per heavy atom. The molecule has 3 heteroatoms. The lowest BCUT2D eigenvalue weighted by Crippen LogP contribution is -2.22. The SMILES string of the molecule is CC(C)CNCC1CC1c1ccc(Br)c2cccnc12. The van der Waals surface area contributed by atoms with E-state index < -0.39 is 0 Å². The lowest BCUT2D eigenvalue weighted by Gasteiger charge is -2.09. The zero-order valence-electron chi connectivity index (χ0n) is 12.1. The van der Waals surface area contributed by atoms with Crippen LogP contribution >= 0.6 is 15.9 Å². The Kier molecular flexibility index (Phi) is 4.08. The van der Waals surface area contributed by atoms with E-state index in [9.17, 15) is 0 Å². The number of hydrogen-bond donors (Lipinski definition) is 1. The third kappa shape index (κ3) is 2.89. The number of hydrogen-bond acceptors (Lipinski definition) is 2. The fourth-order valence-electron chi connectivity index (χ4n) is 2.87. The van der Waals surface area contributed by atoms with Gasteiger partial charge in [-0.15, -0.1) is 0 Å². The minimum absolute atomic E-state index is 0.681. The Bertz CT molecular complexity index is 609. The largest absolute Gasteiger partial charge is 0.316 e. The maximum atomic E-state index is 4.60. The van der Waals surface area contributed by atoms with Crippen molar-refractivity contribution >= 4 is 26.8 Å². The average molecular weight is 333 g/mol. The Hall–Kier alpha value is -0.930. The summed E-state index contributed by atoms with van der Waals surface area (Å²) in [5.41, 5.74) is 2.58. The van der Waals surface area contributed by atoms with Gasteiger partial charge in [0.1, 0.15) is 0 Å². The third-order valence-corrected chi connectivity index (χ3v) is 4.72. The van der Waals surface area contributed by atoms with Crippen LogP contribution in [0, 0.1) is 11.8 Å². The molecule has 2 aromatic rings. The molecule has 3 rings (SSSR count). The zero-order valence-corrected chi connectivity index (χ0v) is 13.7. The summed E-state index contributed by atoms with van der Waals surface area (Å²) >= 11 is 3.62. The van der Waals surface area contributed by atoms with Gasteiger partial charge in [-0.1, -0.05) is 41.9 Å². The van der Waals surface area contributed by atoms with Gasteiger partial charge in [0, 0.05) is 16.1 Å². The van der Waals surface area contributed by atoms with Crippen LogP contribution in [-0.4, -0.2) is 18.1 Å². The molecular formula is C17H21BrN2. The van der Waals surface area contributed by atoms with Gasteiger partial charge in [0.2, 0.25) is 0 Å². The quantitative estimate of drug-likeness (QED) is 0.880. The topological polar surface area (TPSA) is 24.9 Å². The predicted octanol–water partition coefficient (Wildman–Crippen LogP) is 4.35. The number of aromatic nitrogens is 1. The van der Waals surface area contributed by atoms with Crippen LogP contribution in [0.1, 0.15) is 31.7 Å². The molecule has 1 aliphatic carbocycles. The summed E-state index contributed by atoms with van der Waals surface area (Å²) < 4.78 is 1.14. The number of nitrogens with zero attached hydrogens (tertiary/aromatic N) is 1. The first-order chi connectivity index (χ1) is 9.66. The molecule has 0 radical (unpaired) electrons. The number of nitrogens with one attached hydrogen (secondary N) is 1. The van der Waals surface area contributed by atoms with Gasteiger partial charge >= 0.3 is 0 Å². The van der Waals surface area contributed by atoms with Crippen LogP contribution in [0.5, 0.6) is 0 Å². The Morgan fingerprint density at radius 3 is 3.00 bits per heavy atom. The minimum atomic E-state index is 0.681. The summed E-state index contributed by atoms with van der Waals surface area (Å²) in [6.45, 7) is 6.75. The predicted molar refractivity (Wildman–Crippen MR) is 88.0 cm³/mol. The Morgan fingerprint density at radius 2 is 2.20 bits per heavy atom. The first kappa shape index (κ1) is 14.0. The molecule has 2 unspecified atom stereocenters. The summed E-state index contributed by atoms with van der Waals surface area (Å²) in [7, 11) is 0. The van der Waals surface area contributed by atoms with E-state index in [0.29, 0.717) is 5.92 Å². The van der Waals surface area contributed by atoms with Gasteiger partial charge in [-0.2, -0.15) is 0 Å². The first-order valence-corrected chi connectivity index (χ1v) is 8.20. The molecule has 2 atom stereocenters. The van der Waals surface area contributed by atoms with E-state index in [2.05, 4.69) is 58.3 Å². The van der Waals surface area contributed by atoms with Gasteiger partial charge in [-0.25, -0.2) is 0 Å². The first-order valence-electron chi connectivity index (χ1n) is 7.40. The van der Waals surface area contributed by atoms with Crippen LogP contribution in [0.15, 0.2) is 34.9 Å². The van der Waals surface area contributed by atoms with E-state index >= 15 is 0 Å². The number of pyridine rings is 1. The van der Waals surface area contributed by atoms with Crippen LogP contribution < -0.4 is 5.32 Å². The van der Waals surface area contributed by atoms with Crippen molar-refractivity contribution in [2.24, 2.45) is 11.8 Å². The van der Waals surface area contributed by atoms with Gasteiger partial charge < -0.3 is 5.32 Å². The second kappa shape index (κ2) is 5.82. The summed E-state index contributed by atoms with van der Waals surface area (Å²) in [5.74, 6) is 2.18. The van der Waals surface area contributed by atoms with Crippen LogP contribution in [0.4, 0.5) is 0 Å². The highest BCUT2D eigenvalue weighted by molar-refractivity contribution is 9.10. The van der Waals surface area contributed by atoms with E-state index in [1.165, 1.54) is 22.9 Å². The highest BCUT2D eigenvalue weighted by Crippen LogP contribution is 2.49. The number of fused-ring (bicyclic) bond motifs is 1. The van der Waals surface area contributed by atoms with Crippen molar-refractivity contribution in [2.75, 3.05) is 13.1 Å². The van der Waals surface area contributed by atoms with Gasteiger partial charge in [-0.3, -0.25) is 4.98 Å². The molecule has 2 nitrogen and oxygen atoms in total. The summed E-state index contributed by atoms with van der Waals surface area (Å²) in [6.07, 6.45) is 3.19. The molecule has 0 bridgehead atoms. The van der Waals surface area contributed by atoms with Crippen LogP contribution in [-0.2, 0) is 0 Å². The van der Waals surface area contributed by atoms with Gasteiger partial charge in [-0.05, 0) is 55.0 Å². The standard InChI is InChI=1S/C17H21BrN2/c1-11(2)9-19-10-12-8-15(12)13-5-6-16(18)14-4-3-7-20-17(13)14/h3-7,11-12,15,19H,8-10H2,1-2H3. The molecule has 1 saturated carbocycles. The maximum absolute atomic E-state index is 4.60. The molecule has 0 spiro atoms. The molecule has 1 N–H and O–H groups in total. The smallest absolute Gasteiger partial charge is 0.0748 e. The molecule has 106 valence electrons. The monoisotopic (exact) mass is 332 g/mol. The van der Waals surface area contributed by atoms with E-state index in [0.717, 1.165) is 29.4 Å². The number of benzene rings is 1. The molecule has 1 heterocycles. The van der Waals surface area contributed by atoms with Crippen molar-refractivity contribution in [3.63, 3.8) is 0 Å². The molecule has 1 aromatic heterocycles. The molecule has 0 saturated heterocycles. The molecule has 0 aliphatic heterocycles. The summed E-state index contributed by atoms with van der Waals surface area (Å²) in [5, 5.41) is 4.80. The molecular weight excluding hydrogens is 312 g/mol. The maximum Gasteiger partial charge on any atom is 0.0748 e. The van der Waals surface area contributed by atoms with Crippen molar-refractivity contribution in [1.29, 1.82) is 0 Å². The zero-order chi connectivity index (χ0) is 14.1. The lowest BCUT2D eigenvalue weighted by molar-refractivity contribution is 0.533. The average Bonchev–Trinajstić information content (AvgIpc) is 3.18. The molecule has 1 aromatic carbocycles. The van der Waals surface area contributed by atoms with Crippen molar-refractivity contribution in [2.45, 2.75) is 26.2 Å². The van der Waals surface area contributed by atoms with Crippen LogP contribution in [0.25, 0.3) is 10.9 Å². The van der Waals surface area contributed by atoms with Crippen molar-refractivity contribution in [3.8, 4) is 0 Å². The summed E-state index contributed by atoms with van der Waals surface area (Å²) in [6, 6.07) is 8.55. The van der Waals surface area contributed by atoms with Gasteiger partial charge in [0.25, 0.3) is 0 Å². The Labute approximate surface area is 129 Å². The van der Waals surface area contributed by atoms with Crippen molar-refractivity contribution in [3.05, 3.63) is 40.5 Å². The Balaban J connectivity index is 1.75. The van der Waals surface area contributed by atoms with Crippen LogP contribution in [0.3, 0.4) is 0 Å². The second-order valence-corrected chi connectivity index (χ2v) is 7.04. The number of rotatable bonds is 5. The summed E-state index contributed by atoms with van der Waals surface area (Å²) in [4.78, 5) is 4.60. The highest BCUT2D eigenvalue weighted by Gasteiger charge is 2.39. The molecule has 1 fully saturated rings. The van der Waals surface area contributed by atoms with Crippen molar-refractivity contribution < 1.29 is 0 Å². The van der Waals surface area contributed by atoms with E-state index in [4.69, 9.17) is 0 Å². The normalized spacial score (nSPS) is 21.6. The van der Waals surface area contributed by atoms with E-state index in [1.54, 1.807) is 0 Å². The molecule has 1 aliphatic rings. The molecule has 0 amide bonds. The fraction of sp³-hybridized carbons (Fsp3) is 0.471. The minimum Gasteiger partial charge on any atom is -0.316 e. The number of halogens is 1. The highest BCUT2D eigenvalue weighted by atomic mass is 79.9. The van der Waals surface area contributed by atoms with Crippen molar-refractivity contribution in [1.82, 2.24) is 10.3 Å². The second-order valence-electron chi connectivity index (χ2n) is 6.19. The molecule has 20 heavy (non-hydrogen) atoms. The third-order valence-electron chi connectivity index (χ3n) is 4.03. The van der Waals surface area contributed by atoms with Gasteiger partial charge in [0.05, 0.1) is 5.52 Å². The lowest BCUT2D eigenvalue weighted by atomic mass is 10.0. The van der Waals surface area contributed by atoms with Crippen LogP contribution in [0.2, 0.25) is 0 Å². The van der Waals surface area contributed by atoms with Gasteiger partial charge in [0.15, 0.2) is 0 Å². The fourth-order valence-corrected chi connectivity index (χ4v) is 3.32. The van der Waals surface area contributed by atoms with E-state index in [1.807, 2.05) is 12.3 Å².